The van der Waals surface area contributed by atoms with Gasteiger partial charge in [-0.05, 0) is 36.6 Å². The van der Waals surface area contributed by atoms with Gasteiger partial charge in [-0.25, -0.2) is 4.39 Å². The van der Waals surface area contributed by atoms with Crippen LogP contribution in [-0.2, 0) is 4.79 Å². The van der Waals surface area contributed by atoms with Gasteiger partial charge in [0, 0.05) is 12.0 Å². The molecule has 3 nitrogen and oxygen atoms in total. The van der Waals surface area contributed by atoms with Crippen LogP contribution in [0.15, 0.2) is 24.3 Å². The molecule has 0 aliphatic carbocycles. The Morgan fingerprint density at radius 2 is 1.78 bits per heavy atom. The number of Topliss-reactive ketones (excluding diaryl/α,β-unsaturated/α-hetero) is 1. The highest BCUT2D eigenvalue weighted by molar-refractivity contribution is 5.97. The van der Waals surface area contributed by atoms with Gasteiger partial charge in [0.15, 0.2) is 5.78 Å². The molecule has 0 heterocycles. The summed E-state index contributed by atoms with van der Waals surface area (Å²) in [6, 6.07) is 5.16. The summed E-state index contributed by atoms with van der Waals surface area (Å²) in [5, 5.41) is 9.05. The van der Waals surface area contributed by atoms with Crippen LogP contribution in [-0.4, -0.2) is 16.9 Å². The Morgan fingerprint density at radius 1 is 1.22 bits per heavy atom. The van der Waals surface area contributed by atoms with E-state index in [2.05, 4.69) is 0 Å². The highest BCUT2D eigenvalue weighted by atomic mass is 19.1. The van der Waals surface area contributed by atoms with E-state index < -0.39 is 17.7 Å². The second-order valence-electron chi connectivity index (χ2n) is 4.80. The van der Waals surface area contributed by atoms with Crippen molar-refractivity contribution < 1.29 is 19.1 Å². The minimum atomic E-state index is -0.959. The molecule has 1 aromatic rings. The van der Waals surface area contributed by atoms with Gasteiger partial charge in [0.05, 0.1) is 5.92 Å². The van der Waals surface area contributed by atoms with E-state index in [-0.39, 0.29) is 18.1 Å². The van der Waals surface area contributed by atoms with E-state index in [0.717, 1.165) is 0 Å². The number of aliphatic carboxylic acids is 1. The zero-order valence-corrected chi connectivity index (χ0v) is 10.5. The first kappa shape index (κ1) is 14.4. The Balaban J connectivity index is 2.72. The van der Waals surface area contributed by atoms with Gasteiger partial charge in [-0.3, -0.25) is 9.59 Å². The third-order valence-corrected chi connectivity index (χ3v) is 2.70. The van der Waals surface area contributed by atoms with Crippen LogP contribution in [0, 0.1) is 17.7 Å². The summed E-state index contributed by atoms with van der Waals surface area (Å²) in [4.78, 5) is 22.9. The average molecular weight is 252 g/mol. The first-order chi connectivity index (χ1) is 8.40. The number of hydrogen-bond donors (Lipinski definition) is 1. The first-order valence-electron chi connectivity index (χ1n) is 5.91. The summed E-state index contributed by atoms with van der Waals surface area (Å²) in [6.45, 7) is 3.83. The molecular weight excluding hydrogens is 235 g/mol. The molecule has 0 radical (unpaired) electrons. The molecule has 1 atom stereocenters. The fraction of sp³-hybridized carbons (Fsp3) is 0.429. The molecular formula is C14H17FO3. The first-order valence-corrected chi connectivity index (χ1v) is 5.91. The second-order valence-corrected chi connectivity index (χ2v) is 4.80. The van der Waals surface area contributed by atoms with Crippen LogP contribution >= 0.6 is 0 Å². The number of hydrogen-bond acceptors (Lipinski definition) is 2. The number of benzene rings is 1. The van der Waals surface area contributed by atoms with E-state index in [9.17, 15) is 14.0 Å². The molecule has 0 fully saturated rings. The van der Waals surface area contributed by atoms with Crippen molar-refractivity contribution in [3.8, 4) is 0 Å². The number of rotatable bonds is 6. The summed E-state index contributed by atoms with van der Waals surface area (Å²) < 4.78 is 12.7. The number of carboxylic acids is 1. The Labute approximate surface area is 106 Å². The third-order valence-electron chi connectivity index (χ3n) is 2.70. The molecule has 98 valence electrons. The number of carboxylic acid groups (broad SMARTS) is 1. The Kier molecular flexibility index (Phi) is 5.01. The van der Waals surface area contributed by atoms with Crippen molar-refractivity contribution in [3.05, 3.63) is 35.6 Å². The number of halogens is 1. The van der Waals surface area contributed by atoms with E-state index in [0.29, 0.717) is 12.0 Å². The van der Waals surface area contributed by atoms with Crippen LogP contribution in [0.3, 0.4) is 0 Å². The van der Waals surface area contributed by atoms with Crippen molar-refractivity contribution in [2.75, 3.05) is 0 Å². The summed E-state index contributed by atoms with van der Waals surface area (Å²) in [5.41, 5.74) is 0.353. The molecule has 18 heavy (non-hydrogen) atoms. The quantitative estimate of drug-likeness (QED) is 0.791. The molecule has 1 N–H and O–H groups in total. The molecule has 0 aliphatic rings. The molecule has 0 amide bonds. The van der Waals surface area contributed by atoms with Crippen LogP contribution < -0.4 is 0 Å². The highest BCUT2D eigenvalue weighted by Crippen LogP contribution is 2.18. The number of ketones is 1. The van der Waals surface area contributed by atoms with Gasteiger partial charge in [0.25, 0.3) is 0 Å². The highest BCUT2D eigenvalue weighted by Gasteiger charge is 2.22. The van der Waals surface area contributed by atoms with Crippen molar-refractivity contribution in [3.63, 3.8) is 0 Å². The molecule has 0 aliphatic heterocycles. The average Bonchev–Trinajstić information content (AvgIpc) is 2.28. The van der Waals surface area contributed by atoms with E-state index >= 15 is 0 Å². The van der Waals surface area contributed by atoms with Crippen molar-refractivity contribution in [2.45, 2.75) is 26.7 Å². The van der Waals surface area contributed by atoms with E-state index in [1.165, 1.54) is 24.3 Å². The van der Waals surface area contributed by atoms with Gasteiger partial charge in [0.2, 0.25) is 0 Å². The zero-order valence-electron chi connectivity index (χ0n) is 10.5. The maximum atomic E-state index is 12.7. The van der Waals surface area contributed by atoms with Crippen LogP contribution in [0.2, 0.25) is 0 Å². The zero-order chi connectivity index (χ0) is 13.7. The number of carbonyl (C=O) groups excluding carboxylic acids is 1. The summed E-state index contributed by atoms with van der Waals surface area (Å²) in [7, 11) is 0. The van der Waals surface area contributed by atoms with Gasteiger partial charge in [-0.2, -0.15) is 0 Å². The molecule has 0 aromatic heterocycles. The molecule has 0 saturated carbocycles. The Hall–Kier alpha value is -1.71. The SMILES string of the molecule is CC(C)CC(CC(=O)c1ccc(F)cc1)C(=O)O. The maximum absolute atomic E-state index is 12.7. The third kappa shape index (κ3) is 4.28. The van der Waals surface area contributed by atoms with Crippen molar-refractivity contribution in [2.24, 2.45) is 11.8 Å². The summed E-state index contributed by atoms with van der Waals surface area (Å²) in [5.74, 6) is -2.10. The van der Waals surface area contributed by atoms with Crippen molar-refractivity contribution in [1.82, 2.24) is 0 Å². The summed E-state index contributed by atoms with van der Waals surface area (Å²) >= 11 is 0. The van der Waals surface area contributed by atoms with Crippen LogP contribution in [0.4, 0.5) is 4.39 Å². The van der Waals surface area contributed by atoms with Gasteiger partial charge >= 0.3 is 5.97 Å². The van der Waals surface area contributed by atoms with Crippen molar-refractivity contribution >= 4 is 11.8 Å². The lowest BCUT2D eigenvalue weighted by Crippen LogP contribution is -2.20. The lowest BCUT2D eigenvalue weighted by atomic mass is 9.91. The van der Waals surface area contributed by atoms with Crippen molar-refractivity contribution in [1.29, 1.82) is 0 Å². The molecule has 0 spiro atoms. The molecule has 0 saturated heterocycles. The molecule has 1 aromatic carbocycles. The topological polar surface area (TPSA) is 54.4 Å². The normalized spacial score (nSPS) is 12.4. The van der Waals surface area contributed by atoms with Gasteiger partial charge in [-0.1, -0.05) is 13.8 Å². The van der Waals surface area contributed by atoms with Gasteiger partial charge < -0.3 is 5.11 Å². The maximum Gasteiger partial charge on any atom is 0.306 e. The standard InChI is InChI=1S/C14H17FO3/c1-9(2)7-11(14(17)18)8-13(16)10-3-5-12(15)6-4-10/h3-6,9,11H,7-8H2,1-2H3,(H,17,18). The van der Waals surface area contributed by atoms with E-state index in [1.54, 1.807) is 0 Å². The molecule has 4 heteroatoms. The Morgan fingerprint density at radius 3 is 2.22 bits per heavy atom. The summed E-state index contributed by atoms with van der Waals surface area (Å²) in [6.07, 6.45) is 0.418. The fourth-order valence-electron chi connectivity index (χ4n) is 1.82. The molecule has 1 unspecified atom stereocenters. The smallest absolute Gasteiger partial charge is 0.306 e. The van der Waals surface area contributed by atoms with E-state index in [4.69, 9.17) is 5.11 Å². The van der Waals surface area contributed by atoms with Crippen LogP contribution in [0.1, 0.15) is 37.0 Å². The minimum Gasteiger partial charge on any atom is -0.481 e. The largest absolute Gasteiger partial charge is 0.481 e. The molecule has 1 rings (SSSR count). The second kappa shape index (κ2) is 6.28. The van der Waals surface area contributed by atoms with E-state index in [1.807, 2.05) is 13.8 Å². The van der Waals surface area contributed by atoms with Crippen LogP contribution in [0.25, 0.3) is 0 Å². The molecule has 0 bridgehead atoms. The predicted molar refractivity (Wildman–Crippen MR) is 65.9 cm³/mol. The van der Waals surface area contributed by atoms with Gasteiger partial charge in [0.1, 0.15) is 5.82 Å². The minimum absolute atomic E-state index is 0.0425. The monoisotopic (exact) mass is 252 g/mol. The fourth-order valence-corrected chi connectivity index (χ4v) is 1.82. The number of carbonyl (C=O) groups is 2. The van der Waals surface area contributed by atoms with Crippen LogP contribution in [0.5, 0.6) is 0 Å². The Bertz CT molecular complexity index is 423. The predicted octanol–water partition coefficient (Wildman–Crippen LogP) is 3.15. The lowest BCUT2D eigenvalue weighted by molar-refractivity contribution is -0.142. The van der Waals surface area contributed by atoms with Gasteiger partial charge in [-0.15, -0.1) is 0 Å². The lowest BCUT2D eigenvalue weighted by Gasteiger charge is -2.13.